The third kappa shape index (κ3) is 6.64. The highest BCUT2D eigenvalue weighted by Crippen LogP contribution is 2.41. The lowest BCUT2D eigenvalue weighted by molar-refractivity contribution is -0.137. The van der Waals surface area contributed by atoms with Gasteiger partial charge >= 0.3 is 12.2 Å². The number of hydrogen-bond acceptors (Lipinski definition) is 7. The van der Waals surface area contributed by atoms with Crippen molar-refractivity contribution < 1.29 is 26.4 Å². The standard InChI is InChI=1S/C27H38F3N7O3S/c1-3-33-15-17-34(18-16-33)23-19-22(27(28,29)30)6-5-21(23)20-36-11-4-8-26(36)9-13-35(14-10-26)25(38)37-12-7-24(31-37)32-41(2,39)40/h5-7,12,19H,3-4,8-11,13-18,20H2,1-2H3,(H,31,32). The van der Waals surface area contributed by atoms with E-state index < -0.39 is 21.8 Å². The van der Waals surface area contributed by atoms with E-state index in [0.717, 1.165) is 68.4 Å². The van der Waals surface area contributed by atoms with E-state index in [4.69, 9.17) is 0 Å². The number of anilines is 2. The first kappa shape index (κ1) is 29.6. The van der Waals surface area contributed by atoms with Crippen molar-refractivity contribution >= 4 is 27.6 Å². The molecule has 0 saturated carbocycles. The van der Waals surface area contributed by atoms with Crippen molar-refractivity contribution in [3.63, 3.8) is 0 Å². The lowest BCUT2D eigenvalue weighted by atomic mass is 9.84. The molecule has 10 nitrogen and oxygen atoms in total. The van der Waals surface area contributed by atoms with E-state index in [2.05, 4.69) is 31.4 Å². The number of nitrogens with one attached hydrogen (secondary N) is 1. The largest absolute Gasteiger partial charge is 0.416 e. The van der Waals surface area contributed by atoms with Crippen molar-refractivity contribution in [3.05, 3.63) is 41.6 Å². The second-order valence-electron chi connectivity index (χ2n) is 11.3. The molecule has 1 aromatic heterocycles. The molecule has 0 unspecified atom stereocenters. The Morgan fingerprint density at radius 3 is 2.37 bits per heavy atom. The maximum atomic E-state index is 13.7. The van der Waals surface area contributed by atoms with Gasteiger partial charge < -0.3 is 14.7 Å². The van der Waals surface area contributed by atoms with Crippen LogP contribution in [0.15, 0.2) is 30.5 Å². The minimum atomic E-state index is -4.40. The molecule has 1 N–H and O–H groups in total. The minimum Gasteiger partial charge on any atom is -0.369 e. The zero-order valence-corrected chi connectivity index (χ0v) is 24.3. The molecule has 41 heavy (non-hydrogen) atoms. The summed E-state index contributed by atoms with van der Waals surface area (Å²) in [5.74, 6) is 0.0831. The number of alkyl halides is 3. The number of piperazine rings is 1. The highest BCUT2D eigenvalue weighted by molar-refractivity contribution is 7.92. The number of halogens is 3. The molecule has 1 amide bonds. The van der Waals surface area contributed by atoms with E-state index in [1.165, 1.54) is 24.4 Å². The molecule has 226 valence electrons. The smallest absolute Gasteiger partial charge is 0.369 e. The number of carbonyl (C=O) groups excluding carboxylic acids is 1. The van der Waals surface area contributed by atoms with Crippen molar-refractivity contribution in [3.8, 4) is 0 Å². The van der Waals surface area contributed by atoms with Crippen LogP contribution in [0.1, 0.15) is 43.7 Å². The lowest BCUT2D eigenvalue weighted by Crippen LogP contribution is -2.53. The number of sulfonamides is 1. The number of likely N-dealkylation sites (N-methyl/N-ethyl adjacent to an activating group) is 1. The van der Waals surface area contributed by atoms with E-state index in [1.54, 1.807) is 11.0 Å². The normalized spacial score (nSPS) is 20.6. The fourth-order valence-corrected chi connectivity index (χ4v) is 6.91. The minimum absolute atomic E-state index is 0.0831. The van der Waals surface area contributed by atoms with Gasteiger partial charge in [-0.15, -0.1) is 5.10 Å². The Labute approximate surface area is 239 Å². The molecule has 0 aliphatic carbocycles. The predicted octanol–water partition coefficient (Wildman–Crippen LogP) is 3.51. The van der Waals surface area contributed by atoms with Gasteiger partial charge in [0.1, 0.15) is 0 Å². The van der Waals surface area contributed by atoms with Gasteiger partial charge in [0.15, 0.2) is 5.82 Å². The first-order valence-electron chi connectivity index (χ1n) is 14.1. The highest BCUT2D eigenvalue weighted by Gasteiger charge is 2.44. The van der Waals surface area contributed by atoms with E-state index in [9.17, 15) is 26.4 Å². The molecule has 3 aliphatic rings. The second kappa shape index (κ2) is 11.4. The molecular weight excluding hydrogens is 559 g/mol. The van der Waals surface area contributed by atoms with Crippen LogP contribution in [0.3, 0.4) is 0 Å². The van der Waals surface area contributed by atoms with Crippen LogP contribution in [0, 0.1) is 0 Å². The SMILES string of the molecule is CCN1CCN(c2cc(C(F)(F)F)ccc2CN2CCCC23CCN(C(=O)n2ccc(NS(C)(=O)=O)n2)CC3)CC1. The van der Waals surface area contributed by atoms with Crippen molar-refractivity contribution in [2.75, 3.05) is 68.2 Å². The number of rotatable bonds is 6. The Balaban J connectivity index is 1.29. The monoisotopic (exact) mass is 597 g/mol. The quantitative estimate of drug-likeness (QED) is 0.545. The number of piperidine rings is 1. The first-order chi connectivity index (χ1) is 19.4. The van der Waals surface area contributed by atoms with E-state index in [0.29, 0.717) is 38.4 Å². The molecule has 0 radical (unpaired) electrons. The number of benzene rings is 1. The van der Waals surface area contributed by atoms with E-state index in [-0.39, 0.29) is 17.4 Å². The molecular formula is C27H38F3N7O3S. The Kier molecular flexibility index (Phi) is 8.27. The second-order valence-corrected chi connectivity index (χ2v) is 13.0. The van der Waals surface area contributed by atoms with Gasteiger partial charge in [-0.2, -0.15) is 17.9 Å². The van der Waals surface area contributed by atoms with Gasteiger partial charge in [0.2, 0.25) is 10.0 Å². The fourth-order valence-electron chi connectivity index (χ4n) is 6.42. The summed E-state index contributed by atoms with van der Waals surface area (Å²) in [6.45, 7) is 8.52. The average Bonchev–Trinajstić information content (AvgIpc) is 3.54. The Morgan fingerprint density at radius 2 is 1.73 bits per heavy atom. The summed E-state index contributed by atoms with van der Waals surface area (Å²) < 4.78 is 67.3. The fraction of sp³-hybridized carbons (Fsp3) is 0.630. The van der Waals surface area contributed by atoms with Gasteiger partial charge in [0.25, 0.3) is 0 Å². The number of nitrogens with zero attached hydrogens (tertiary/aromatic N) is 6. The van der Waals surface area contributed by atoms with Gasteiger partial charge in [-0.25, -0.2) is 13.2 Å². The number of hydrogen-bond donors (Lipinski definition) is 1. The zero-order valence-electron chi connectivity index (χ0n) is 23.5. The summed E-state index contributed by atoms with van der Waals surface area (Å²) >= 11 is 0. The van der Waals surface area contributed by atoms with E-state index >= 15 is 0 Å². The van der Waals surface area contributed by atoms with Crippen molar-refractivity contribution in [2.45, 2.75) is 50.9 Å². The van der Waals surface area contributed by atoms with Crippen LogP contribution in [-0.2, 0) is 22.7 Å². The first-order valence-corrected chi connectivity index (χ1v) is 16.0. The molecule has 5 rings (SSSR count). The Morgan fingerprint density at radius 1 is 1.02 bits per heavy atom. The van der Waals surface area contributed by atoms with Crippen molar-refractivity contribution in [1.29, 1.82) is 0 Å². The molecule has 1 spiro atoms. The summed E-state index contributed by atoms with van der Waals surface area (Å²) in [5, 5.41) is 4.06. The Hall–Kier alpha value is -2.84. The average molecular weight is 598 g/mol. The van der Waals surface area contributed by atoms with Crippen LogP contribution < -0.4 is 9.62 Å². The number of carbonyl (C=O) groups is 1. The molecule has 4 heterocycles. The molecule has 3 aliphatic heterocycles. The van der Waals surface area contributed by atoms with Gasteiger partial charge in [-0.05, 0) is 56.5 Å². The molecule has 3 saturated heterocycles. The molecule has 2 aromatic rings. The number of aromatic nitrogens is 2. The Bertz CT molecular complexity index is 1350. The summed E-state index contributed by atoms with van der Waals surface area (Å²) in [5.41, 5.74) is 0.836. The van der Waals surface area contributed by atoms with E-state index in [1.807, 2.05) is 0 Å². The third-order valence-corrected chi connectivity index (χ3v) is 9.29. The number of amides is 1. The van der Waals surface area contributed by atoms with Crippen molar-refractivity contribution in [2.24, 2.45) is 0 Å². The van der Waals surface area contributed by atoms with Crippen LogP contribution in [0.25, 0.3) is 0 Å². The van der Waals surface area contributed by atoms with Gasteiger partial charge in [-0.3, -0.25) is 9.62 Å². The molecule has 0 atom stereocenters. The van der Waals surface area contributed by atoms with Gasteiger partial charge in [-0.1, -0.05) is 13.0 Å². The number of likely N-dealkylation sites (tertiary alicyclic amines) is 2. The molecule has 3 fully saturated rings. The molecule has 1 aromatic carbocycles. The third-order valence-electron chi connectivity index (χ3n) is 8.71. The molecule has 14 heteroatoms. The highest BCUT2D eigenvalue weighted by atomic mass is 32.2. The zero-order chi connectivity index (χ0) is 29.4. The summed E-state index contributed by atoms with van der Waals surface area (Å²) in [6, 6.07) is 5.28. The summed E-state index contributed by atoms with van der Waals surface area (Å²) in [7, 11) is -3.50. The van der Waals surface area contributed by atoms with Gasteiger partial charge in [0, 0.05) is 69.3 Å². The van der Waals surface area contributed by atoms with Crippen LogP contribution >= 0.6 is 0 Å². The topological polar surface area (TPSA) is 94.0 Å². The van der Waals surface area contributed by atoms with Crippen LogP contribution in [0.5, 0.6) is 0 Å². The lowest BCUT2D eigenvalue weighted by Gasteiger charge is -2.45. The molecule has 0 bridgehead atoms. The maximum absolute atomic E-state index is 13.7. The van der Waals surface area contributed by atoms with Crippen LogP contribution in [-0.4, -0.2) is 103 Å². The predicted molar refractivity (Wildman–Crippen MR) is 150 cm³/mol. The van der Waals surface area contributed by atoms with Gasteiger partial charge in [0.05, 0.1) is 11.8 Å². The van der Waals surface area contributed by atoms with Crippen LogP contribution in [0.2, 0.25) is 0 Å². The summed E-state index contributed by atoms with van der Waals surface area (Å²) in [4.78, 5) is 21.6. The van der Waals surface area contributed by atoms with Crippen molar-refractivity contribution in [1.82, 2.24) is 24.5 Å². The maximum Gasteiger partial charge on any atom is 0.416 e. The van der Waals surface area contributed by atoms with Crippen LogP contribution in [0.4, 0.5) is 29.5 Å². The summed E-state index contributed by atoms with van der Waals surface area (Å²) in [6.07, 6.45) is 1.53.